The van der Waals surface area contributed by atoms with Crippen LogP contribution in [0, 0.1) is 11.7 Å². The second-order valence-electron chi connectivity index (χ2n) is 6.46. The lowest BCUT2D eigenvalue weighted by atomic mass is 9.93. The van der Waals surface area contributed by atoms with E-state index >= 15 is 0 Å². The van der Waals surface area contributed by atoms with E-state index in [1.165, 1.54) is 12.1 Å². The summed E-state index contributed by atoms with van der Waals surface area (Å²) < 4.78 is 13.0. The number of nitrogens with zero attached hydrogens (tertiary/aromatic N) is 1. The van der Waals surface area contributed by atoms with E-state index in [1.807, 2.05) is 18.7 Å². The van der Waals surface area contributed by atoms with Crippen molar-refractivity contribution < 1.29 is 14.3 Å². The molecule has 0 spiro atoms. The molecule has 1 N–H and O–H groups in total. The Balaban J connectivity index is 0.00000139. The molecule has 1 unspecified atom stereocenters. The molecule has 4 heteroatoms. The molecule has 2 rings (SSSR count). The van der Waals surface area contributed by atoms with Gasteiger partial charge in [0, 0.05) is 19.0 Å². The number of aliphatic hydroxyl groups is 1. The molecule has 0 aromatic heterocycles. The molecule has 3 nitrogen and oxygen atoms in total. The largest absolute Gasteiger partial charge is 0.512 e. The van der Waals surface area contributed by atoms with Crippen LogP contribution in [0.5, 0.6) is 0 Å². The van der Waals surface area contributed by atoms with Gasteiger partial charge in [-0.3, -0.25) is 4.79 Å². The first kappa shape index (κ1) is 20.2. The Bertz CT molecular complexity index is 564. The zero-order valence-electron chi connectivity index (χ0n) is 15.5. The fourth-order valence-electron chi connectivity index (χ4n) is 2.76. The highest BCUT2D eigenvalue weighted by Crippen LogP contribution is 2.28. The first-order valence-corrected chi connectivity index (χ1v) is 8.82. The Morgan fingerprint density at radius 3 is 2.38 bits per heavy atom. The third-order valence-corrected chi connectivity index (χ3v) is 4.23. The van der Waals surface area contributed by atoms with E-state index in [9.17, 15) is 14.3 Å². The summed E-state index contributed by atoms with van der Waals surface area (Å²) in [5, 5.41) is 9.99. The van der Waals surface area contributed by atoms with Crippen LogP contribution in [-0.4, -0.2) is 22.0 Å². The molecule has 1 aromatic rings. The van der Waals surface area contributed by atoms with Gasteiger partial charge in [0.15, 0.2) is 0 Å². The van der Waals surface area contributed by atoms with Crippen LogP contribution in [0.2, 0.25) is 0 Å². The van der Waals surface area contributed by atoms with E-state index in [2.05, 4.69) is 13.8 Å². The predicted octanol–water partition coefficient (Wildman–Crippen LogP) is 5.22. The van der Waals surface area contributed by atoms with Crippen molar-refractivity contribution in [3.63, 3.8) is 0 Å². The summed E-state index contributed by atoms with van der Waals surface area (Å²) >= 11 is 0. The third-order valence-electron chi connectivity index (χ3n) is 4.23. The summed E-state index contributed by atoms with van der Waals surface area (Å²) in [4.78, 5) is 14.3. The minimum absolute atomic E-state index is 0.00338. The first-order chi connectivity index (χ1) is 11.4. The number of aliphatic hydroxyl groups excluding tert-OH is 1. The highest BCUT2D eigenvalue weighted by atomic mass is 19.1. The van der Waals surface area contributed by atoms with Crippen molar-refractivity contribution >= 4 is 5.91 Å². The van der Waals surface area contributed by atoms with Gasteiger partial charge in [-0.25, -0.2) is 4.39 Å². The Labute approximate surface area is 145 Å². The molecule has 1 atom stereocenters. The monoisotopic (exact) mass is 335 g/mol. The van der Waals surface area contributed by atoms with E-state index in [0.717, 1.165) is 18.4 Å². The van der Waals surface area contributed by atoms with E-state index in [1.54, 1.807) is 19.1 Å². The second kappa shape index (κ2) is 9.45. The standard InChI is InChI=1S/C18H24FNO2.C2H6/c1-12(2)4-9-16-10-17(21)13(3)18(22)20(16)11-14-5-7-15(19)8-6-14;1-2/h5-8,12,16,21H,4,9-11H2,1-3H3;1-2H3. The zero-order chi connectivity index (χ0) is 18.3. The van der Waals surface area contributed by atoms with Crippen molar-refractivity contribution in [2.24, 2.45) is 5.92 Å². The Morgan fingerprint density at radius 2 is 1.83 bits per heavy atom. The maximum absolute atomic E-state index is 13.0. The molecule has 1 aliphatic rings. The summed E-state index contributed by atoms with van der Waals surface area (Å²) in [5.41, 5.74) is 1.32. The molecular formula is C20H30FNO2. The lowest BCUT2D eigenvalue weighted by Crippen LogP contribution is -2.44. The van der Waals surface area contributed by atoms with E-state index in [-0.39, 0.29) is 23.5 Å². The molecule has 24 heavy (non-hydrogen) atoms. The molecular weight excluding hydrogens is 305 g/mol. The Morgan fingerprint density at radius 1 is 1.25 bits per heavy atom. The van der Waals surface area contributed by atoms with E-state index < -0.39 is 0 Å². The number of benzene rings is 1. The zero-order valence-corrected chi connectivity index (χ0v) is 15.5. The van der Waals surface area contributed by atoms with Gasteiger partial charge in [0.25, 0.3) is 5.91 Å². The summed E-state index contributed by atoms with van der Waals surface area (Å²) in [7, 11) is 0. The highest BCUT2D eigenvalue weighted by molar-refractivity contribution is 5.94. The third kappa shape index (κ3) is 5.36. The average Bonchev–Trinajstić information content (AvgIpc) is 2.57. The summed E-state index contributed by atoms with van der Waals surface area (Å²) in [6.45, 7) is 10.4. The van der Waals surface area contributed by atoms with Gasteiger partial charge in [-0.15, -0.1) is 0 Å². The van der Waals surface area contributed by atoms with Gasteiger partial charge < -0.3 is 10.0 Å². The molecule has 0 saturated carbocycles. The minimum Gasteiger partial charge on any atom is -0.512 e. The summed E-state index contributed by atoms with van der Waals surface area (Å²) in [5.74, 6) is 0.353. The molecule has 0 bridgehead atoms. The number of amides is 1. The topological polar surface area (TPSA) is 40.5 Å². The predicted molar refractivity (Wildman–Crippen MR) is 96.1 cm³/mol. The highest BCUT2D eigenvalue weighted by Gasteiger charge is 2.32. The summed E-state index contributed by atoms with van der Waals surface area (Å²) in [6, 6.07) is 6.23. The molecule has 0 radical (unpaired) electrons. The fourth-order valence-corrected chi connectivity index (χ4v) is 2.76. The molecule has 1 heterocycles. The SMILES string of the molecule is CC.CC1=C(O)CC(CCC(C)C)N(Cc2ccc(F)cc2)C1=O. The number of carbonyl (C=O) groups excluding carboxylic acids is 1. The van der Waals surface area contributed by atoms with Gasteiger partial charge in [-0.1, -0.05) is 39.8 Å². The van der Waals surface area contributed by atoms with Gasteiger partial charge >= 0.3 is 0 Å². The fraction of sp³-hybridized carbons (Fsp3) is 0.550. The second-order valence-corrected chi connectivity index (χ2v) is 6.46. The van der Waals surface area contributed by atoms with Gasteiger partial charge in [-0.2, -0.15) is 0 Å². The number of carbonyl (C=O) groups is 1. The maximum atomic E-state index is 13.0. The number of hydrogen-bond acceptors (Lipinski definition) is 2. The molecule has 134 valence electrons. The van der Waals surface area contributed by atoms with Crippen molar-refractivity contribution in [3.05, 3.63) is 47.0 Å². The molecule has 1 aliphatic heterocycles. The van der Waals surface area contributed by atoms with Gasteiger partial charge in [0.05, 0.1) is 5.57 Å². The minimum atomic E-state index is -0.279. The Hall–Kier alpha value is -1.84. The van der Waals surface area contributed by atoms with Crippen LogP contribution in [0.3, 0.4) is 0 Å². The lowest BCUT2D eigenvalue weighted by Gasteiger charge is -2.36. The first-order valence-electron chi connectivity index (χ1n) is 8.82. The molecule has 0 aliphatic carbocycles. The van der Waals surface area contributed by atoms with Crippen molar-refractivity contribution in [1.29, 1.82) is 0 Å². The number of rotatable bonds is 5. The van der Waals surface area contributed by atoms with Crippen molar-refractivity contribution in [1.82, 2.24) is 4.90 Å². The van der Waals surface area contributed by atoms with Crippen LogP contribution in [0.4, 0.5) is 4.39 Å². The lowest BCUT2D eigenvalue weighted by molar-refractivity contribution is -0.131. The van der Waals surface area contributed by atoms with Crippen LogP contribution in [0.15, 0.2) is 35.6 Å². The van der Waals surface area contributed by atoms with Crippen molar-refractivity contribution in [3.8, 4) is 0 Å². The quantitative estimate of drug-likeness (QED) is 0.801. The van der Waals surface area contributed by atoms with E-state index in [4.69, 9.17) is 0 Å². The molecule has 0 saturated heterocycles. The van der Waals surface area contributed by atoms with Crippen molar-refractivity contribution in [2.45, 2.75) is 66.5 Å². The normalized spacial score (nSPS) is 17.9. The Kier molecular flexibility index (Phi) is 7.96. The van der Waals surface area contributed by atoms with Crippen LogP contribution < -0.4 is 0 Å². The summed E-state index contributed by atoms with van der Waals surface area (Å²) in [6.07, 6.45) is 2.37. The van der Waals surface area contributed by atoms with Crippen LogP contribution in [-0.2, 0) is 11.3 Å². The van der Waals surface area contributed by atoms with Gasteiger partial charge in [0.1, 0.15) is 11.6 Å². The smallest absolute Gasteiger partial charge is 0.253 e. The van der Waals surface area contributed by atoms with Crippen LogP contribution >= 0.6 is 0 Å². The van der Waals surface area contributed by atoms with E-state index in [0.29, 0.717) is 24.5 Å². The van der Waals surface area contributed by atoms with Crippen LogP contribution in [0.25, 0.3) is 0 Å². The molecule has 0 fully saturated rings. The van der Waals surface area contributed by atoms with Gasteiger partial charge in [-0.05, 0) is 43.4 Å². The van der Waals surface area contributed by atoms with Crippen molar-refractivity contribution in [2.75, 3.05) is 0 Å². The average molecular weight is 335 g/mol. The number of hydrogen-bond donors (Lipinski definition) is 1. The molecule has 1 amide bonds. The number of halogens is 1. The maximum Gasteiger partial charge on any atom is 0.253 e. The molecule has 1 aromatic carbocycles. The van der Waals surface area contributed by atoms with Gasteiger partial charge in [0.2, 0.25) is 0 Å². The van der Waals surface area contributed by atoms with Crippen LogP contribution in [0.1, 0.15) is 59.4 Å².